The summed E-state index contributed by atoms with van der Waals surface area (Å²) in [6.45, 7) is 7.04. The molecule has 31 heavy (non-hydrogen) atoms. The molecule has 0 aliphatic heterocycles. The number of carbonyl (C=O) groups excluding carboxylic acids is 1. The number of rotatable bonds is 13. The first-order valence-corrected chi connectivity index (χ1v) is 13.1. The molecule has 1 radical (unpaired) electrons. The number of aliphatic hydroxyl groups excluding tert-OH is 1. The molecule has 1 N–H and O–H groups in total. The van der Waals surface area contributed by atoms with E-state index in [0.29, 0.717) is 35.0 Å². The number of ketones is 1. The Balaban J connectivity index is 2.10. The van der Waals surface area contributed by atoms with Gasteiger partial charge in [-0.3, -0.25) is 4.79 Å². The minimum atomic E-state index is -1.28. The fourth-order valence-corrected chi connectivity index (χ4v) is 6.20. The summed E-state index contributed by atoms with van der Waals surface area (Å²) in [7, 11) is 2.75. The van der Waals surface area contributed by atoms with E-state index in [2.05, 4.69) is 13.8 Å². The molecule has 0 aromatic heterocycles. The van der Waals surface area contributed by atoms with Crippen LogP contribution in [0.1, 0.15) is 54.3 Å². The second-order valence-electron chi connectivity index (χ2n) is 7.71. The zero-order chi connectivity index (χ0) is 22.8. The number of aliphatic hydroxyl groups is 1. The van der Waals surface area contributed by atoms with Crippen molar-refractivity contribution in [2.24, 2.45) is 0 Å². The maximum Gasteiger partial charge on any atom is 0.195 e. The molecule has 0 aliphatic rings. The lowest BCUT2D eigenvalue weighted by Gasteiger charge is -2.16. The smallest absolute Gasteiger partial charge is 0.195 e. The minimum absolute atomic E-state index is 0.370. The fourth-order valence-electron chi connectivity index (χ4n) is 3.64. The van der Waals surface area contributed by atoms with E-state index in [1.807, 2.05) is 13.0 Å². The van der Waals surface area contributed by atoms with Gasteiger partial charge in [-0.15, -0.1) is 0 Å². The average molecular weight is 444 g/mol. The number of benzene rings is 2. The molecule has 0 amide bonds. The first-order chi connectivity index (χ1) is 14.9. The largest absolute Gasteiger partial charge is 0.496 e. The van der Waals surface area contributed by atoms with E-state index in [0.717, 1.165) is 11.6 Å². The quantitative estimate of drug-likeness (QED) is 0.321. The normalized spacial score (nSPS) is 12.0. The van der Waals surface area contributed by atoms with Crippen molar-refractivity contribution in [1.82, 2.24) is 0 Å². The molecule has 0 bridgehead atoms. The van der Waals surface area contributed by atoms with Gasteiger partial charge in [0.1, 0.15) is 11.9 Å². The molecule has 1 atom stereocenters. The van der Waals surface area contributed by atoms with Crippen molar-refractivity contribution in [3.05, 3.63) is 53.1 Å². The number of hydrogen-bond acceptors (Lipinski definition) is 5. The molecule has 0 spiro atoms. The lowest BCUT2D eigenvalue weighted by molar-refractivity contribution is 0.0746. The van der Waals surface area contributed by atoms with Gasteiger partial charge in [0.2, 0.25) is 0 Å². The topological polar surface area (TPSA) is 65.0 Å². The number of Topliss-reactive ketones (excluding diaryl/α,β-unsaturated/α-hetero) is 1. The maximum atomic E-state index is 12.9. The van der Waals surface area contributed by atoms with E-state index in [1.165, 1.54) is 24.9 Å². The van der Waals surface area contributed by atoms with Crippen molar-refractivity contribution < 1.29 is 24.1 Å². The Morgan fingerprint density at radius 1 is 0.935 bits per heavy atom. The van der Waals surface area contributed by atoms with E-state index in [1.54, 1.807) is 44.6 Å². The monoisotopic (exact) mass is 443 g/mol. The molecular weight excluding hydrogens is 408 g/mol. The fraction of sp³-hybridized carbons (Fsp3) is 0.480. The second-order valence-corrected chi connectivity index (χ2v) is 10.7. The van der Waals surface area contributed by atoms with Crippen LogP contribution in [-0.4, -0.2) is 40.5 Å². The van der Waals surface area contributed by atoms with E-state index in [-0.39, 0.29) is 8.80 Å². The van der Waals surface area contributed by atoms with Gasteiger partial charge in [0.15, 0.2) is 17.3 Å². The summed E-state index contributed by atoms with van der Waals surface area (Å²) in [6, 6.07) is 14.1. The zero-order valence-electron chi connectivity index (χ0n) is 19.4. The highest BCUT2D eigenvalue weighted by molar-refractivity contribution is 6.58. The predicted molar refractivity (Wildman–Crippen MR) is 126 cm³/mol. The van der Waals surface area contributed by atoms with Crippen LogP contribution in [0.4, 0.5) is 0 Å². The van der Waals surface area contributed by atoms with E-state index >= 15 is 0 Å². The molecule has 1 unspecified atom stereocenters. The van der Waals surface area contributed by atoms with Crippen molar-refractivity contribution >= 4 is 14.6 Å². The lowest BCUT2D eigenvalue weighted by Crippen LogP contribution is -2.16. The molecule has 0 fully saturated rings. The van der Waals surface area contributed by atoms with Crippen molar-refractivity contribution in [1.29, 1.82) is 0 Å². The number of methoxy groups -OCH3 is 2. The molecule has 5 nitrogen and oxygen atoms in total. The standard InChI is InChI=1S/C25H35O5Si/c1-6-13-31(14-7-2)15-12-30-21-11-10-20(17-23(21)29-5)25(27)24(26)19-9-8-18(3)22(16-19)28-4/h8-11,16-17,24,26H,6-7,12-15H2,1-5H3. The van der Waals surface area contributed by atoms with Gasteiger partial charge in [-0.25, -0.2) is 0 Å². The molecule has 0 saturated carbocycles. The van der Waals surface area contributed by atoms with Gasteiger partial charge in [0.25, 0.3) is 0 Å². The average Bonchev–Trinajstić information content (AvgIpc) is 2.78. The maximum absolute atomic E-state index is 12.9. The summed E-state index contributed by atoms with van der Waals surface area (Å²) in [6.07, 6.45) is 1.17. The summed E-state index contributed by atoms with van der Waals surface area (Å²) in [4.78, 5) is 12.9. The van der Waals surface area contributed by atoms with E-state index < -0.39 is 11.9 Å². The van der Waals surface area contributed by atoms with Crippen LogP contribution in [0.5, 0.6) is 17.2 Å². The third kappa shape index (κ3) is 6.84. The third-order valence-corrected chi connectivity index (χ3v) is 8.69. The Kier molecular flexibility index (Phi) is 10.1. The molecular formula is C25H35O5Si. The highest BCUT2D eigenvalue weighted by Crippen LogP contribution is 2.31. The third-order valence-electron chi connectivity index (χ3n) is 5.36. The molecule has 0 saturated heterocycles. The van der Waals surface area contributed by atoms with Gasteiger partial charge in [0, 0.05) is 5.56 Å². The zero-order valence-corrected chi connectivity index (χ0v) is 20.4. The number of ether oxygens (including phenoxy) is 3. The van der Waals surface area contributed by atoms with Gasteiger partial charge >= 0.3 is 0 Å². The van der Waals surface area contributed by atoms with Crippen LogP contribution in [0.25, 0.3) is 0 Å². The highest BCUT2D eigenvalue weighted by Gasteiger charge is 2.22. The van der Waals surface area contributed by atoms with Crippen molar-refractivity contribution in [2.75, 3.05) is 20.8 Å². The molecule has 2 aromatic carbocycles. The van der Waals surface area contributed by atoms with Crippen molar-refractivity contribution in [3.63, 3.8) is 0 Å². The van der Waals surface area contributed by atoms with Crippen LogP contribution in [0.2, 0.25) is 18.1 Å². The number of aryl methyl sites for hydroxylation is 1. The second kappa shape index (κ2) is 12.5. The van der Waals surface area contributed by atoms with Crippen molar-refractivity contribution in [3.8, 4) is 17.2 Å². The first-order valence-electron chi connectivity index (χ1n) is 11.0. The van der Waals surface area contributed by atoms with Crippen molar-refractivity contribution in [2.45, 2.75) is 57.8 Å². The number of carbonyl (C=O) groups is 1. The Morgan fingerprint density at radius 2 is 1.61 bits per heavy atom. The van der Waals surface area contributed by atoms with Gasteiger partial charge < -0.3 is 19.3 Å². The predicted octanol–water partition coefficient (Wildman–Crippen LogP) is 5.62. The van der Waals surface area contributed by atoms with Crippen LogP contribution in [0.3, 0.4) is 0 Å². The molecule has 169 valence electrons. The molecule has 6 heteroatoms. The van der Waals surface area contributed by atoms with Gasteiger partial charge in [0.05, 0.1) is 29.6 Å². The summed E-state index contributed by atoms with van der Waals surface area (Å²) in [5.41, 5.74) is 1.81. The van der Waals surface area contributed by atoms with Gasteiger partial charge in [-0.2, -0.15) is 0 Å². The Morgan fingerprint density at radius 3 is 2.23 bits per heavy atom. The number of hydrogen-bond donors (Lipinski definition) is 1. The summed E-state index contributed by atoms with van der Waals surface area (Å²) < 4.78 is 16.7. The lowest BCUT2D eigenvalue weighted by atomic mass is 9.98. The molecule has 0 aliphatic carbocycles. The van der Waals surface area contributed by atoms with Gasteiger partial charge in [-0.05, 0) is 48.4 Å². The van der Waals surface area contributed by atoms with E-state index in [4.69, 9.17) is 14.2 Å². The summed E-state index contributed by atoms with van der Waals surface area (Å²) in [5, 5.41) is 10.6. The highest BCUT2D eigenvalue weighted by atomic mass is 28.3. The molecule has 2 rings (SSSR count). The SMILES string of the molecule is CCC[Si](CCC)CCOc1ccc(C(=O)C(O)c2ccc(C)c(OC)c2)cc1OC. The molecule has 0 heterocycles. The van der Waals surface area contributed by atoms with Gasteiger partial charge in [-0.1, -0.05) is 50.9 Å². The Bertz CT molecular complexity index is 846. The van der Waals surface area contributed by atoms with Crippen LogP contribution in [0, 0.1) is 6.92 Å². The first kappa shape index (κ1) is 25.0. The van der Waals surface area contributed by atoms with E-state index in [9.17, 15) is 9.90 Å². The van der Waals surface area contributed by atoms with Crippen LogP contribution in [-0.2, 0) is 0 Å². The summed E-state index contributed by atoms with van der Waals surface area (Å²) in [5.74, 6) is 1.36. The van der Waals surface area contributed by atoms with Crippen LogP contribution < -0.4 is 14.2 Å². The summed E-state index contributed by atoms with van der Waals surface area (Å²) >= 11 is 0. The minimum Gasteiger partial charge on any atom is -0.496 e. The molecule has 2 aromatic rings. The van der Waals surface area contributed by atoms with Crippen LogP contribution >= 0.6 is 0 Å². The van der Waals surface area contributed by atoms with Crippen LogP contribution in [0.15, 0.2) is 36.4 Å². The Hall–Kier alpha value is -2.31. The Labute approximate surface area is 188 Å².